The minimum atomic E-state index is 0.902. The Hall–Kier alpha value is -5.41. The largest absolute Gasteiger partial charge is 0.263 e. The molecule has 0 aliphatic heterocycles. The van der Waals surface area contributed by atoms with E-state index in [1.54, 1.807) is 0 Å². The Balaban J connectivity index is 1.30. The van der Waals surface area contributed by atoms with Gasteiger partial charge in [-0.3, -0.25) is 4.98 Å². The highest BCUT2D eigenvalue weighted by atomic mass is 14.8. The molecule has 40 heavy (non-hydrogen) atoms. The standard InChI is InChI=1S/C37H21N3/c1-2-7-28-27(4-1)20-38-21-31(28)33-19-15-26-11-10-25-14-18-32(39-36(25)37(26)40-33)29-16-12-24-9-8-22-5-3-6-23-13-17-30(29)35(24)34(22)23/h1-21H. The summed E-state index contributed by atoms with van der Waals surface area (Å²) in [5, 5.41) is 12.0. The van der Waals surface area contributed by atoms with Crippen LogP contribution in [-0.2, 0) is 0 Å². The Morgan fingerprint density at radius 3 is 1.70 bits per heavy atom. The van der Waals surface area contributed by atoms with Crippen LogP contribution < -0.4 is 0 Å². The van der Waals surface area contributed by atoms with Crippen molar-refractivity contribution >= 4 is 64.9 Å². The maximum Gasteiger partial charge on any atom is 0.0972 e. The van der Waals surface area contributed by atoms with Crippen LogP contribution in [-0.4, -0.2) is 15.0 Å². The van der Waals surface area contributed by atoms with Crippen LogP contribution in [0.4, 0.5) is 0 Å². The highest BCUT2D eigenvalue weighted by Gasteiger charge is 2.14. The number of rotatable bonds is 2. The lowest BCUT2D eigenvalue weighted by Crippen LogP contribution is -1.93. The fourth-order valence-electron chi connectivity index (χ4n) is 6.35. The maximum absolute atomic E-state index is 5.27. The van der Waals surface area contributed by atoms with Crippen molar-refractivity contribution in [1.82, 2.24) is 15.0 Å². The molecule has 0 aliphatic rings. The van der Waals surface area contributed by atoms with Crippen LogP contribution in [0.2, 0.25) is 0 Å². The van der Waals surface area contributed by atoms with Crippen molar-refractivity contribution in [1.29, 1.82) is 0 Å². The Kier molecular flexibility index (Phi) is 4.33. The van der Waals surface area contributed by atoms with Gasteiger partial charge in [-0.1, -0.05) is 103 Å². The van der Waals surface area contributed by atoms with Crippen molar-refractivity contribution < 1.29 is 0 Å². The molecule has 3 heteroatoms. The highest BCUT2D eigenvalue weighted by Crippen LogP contribution is 2.39. The van der Waals surface area contributed by atoms with Gasteiger partial charge in [0.05, 0.1) is 22.4 Å². The molecule has 3 nitrogen and oxygen atoms in total. The molecule has 0 fully saturated rings. The third-order valence-corrected chi connectivity index (χ3v) is 8.27. The summed E-state index contributed by atoms with van der Waals surface area (Å²) in [4.78, 5) is 15.0. The summed E-state index contributed by atoms with van der Waals surface area (Å²) in [5.41, 5.74) is 5.84. The van der Waals surface area contributed by atoms with Gasteiger partial charge in [-0.2, -0.15) is 0 Å². The highest BCUT2D eigenvalue weighted by molar-refractivity contribution is 6.25. The van der Waals surface area contributed by atoms with E-state index in [1.807, 2.05) is 18.5 Å². The molecule has 0 saturated heterocycles. The minimum Gasteiger partial charge on any atom is -0.263 e. The van der Waals surface area contributed by atoms with Gasteiger partial charge in [0.15, 0.2) is 0 Å². The number of nitrogens with zero attached hydrogens (tertiary/aromatic N) is 3. The van der Waals surface area contributed by atoms with E-state index in [2.05, 4.69) is 114 Å². The van der Waals surface area contributed by atoms with E-state index in [0.29, 0.717) is 0 Å². The van der Waals surface area contributed by atoms with Crippen molar-refractivity contribution in [3.8, 4) is 22.5 Å². The van der Waals surface area contributed by atoms with Crippen LogP contribution in [0.3, 0.4) is 0 Å². The molecule has 0 bridgehead atoms. The summed E-state index contributed by atoms with van der Waals surface area (Å²) in [5.74, 6) is 0. The van der Waals surface area contributed by atoms with E-state index < -0.39 is 0 Å². The lowest BCUT2D eigenvalue weighted by Gasteiger charge is -2.14. The van der Waals surface area contributed by atoms with Crippen molar-refractivity contribution in [3.63, 3.8) is 0 Å². The van der Waals surface area contributed by atoms with Crippen molar-refractivity contribution in [2.24, 2.45) is 0 Å². The van der Waals surface area contributed by atoms with E-state index in [0.717, 1.165) is 55.1 Å². The average Bonchev–Trinajstić information content (AvgIpc) is 3.03. The molecule has 0 radical (unpaired) electrons. The predicted molar refractivity (Wildman–Crippen MR) is 167 cm³/mol. The second kappa shape index (κ2) is 8.05. The molecule has 6 aromatic carbocycles. The number of benzene rings is 6. The van der Waals surface area contributed by atoms with Crippen LogP contribution in [0.25, 0.3) is 87.4 Å². The summed E-state index contributed by atoms with van der Waals surface area (Å²) in [6.07, 6.45) is 3.81. The fourth-order valence-corrected chi connectivity index (χ4v) is 6.35. The molecular weight excluding hydrogens is 486 g/mol. The Labute approximate surface area is 229 Å². The molecule has 3 aromatic heterocycles. The smallest absolute Gasteiger partial charge is 0.0972 e. The van der Waals surface area contributed by atoms with Gasteiger partial charge in [0.25, 0.3) is 0 Å². The molecule has 9 aromatic rings. The van der Waals surface area contributed by atoms with Gasteiger partial charge >= 0.3 is 0 Å². The van der Waals surface area contributed by atoms with Gasteiger partial charge in [-0.15, -0.1) is 0 Å². The van der Waals surface area contributed by atoms with Gasteiger partial charge in [-0.25, -0.2) is 9.97 Å². The second-order valence-corrected chi connectivity index (χ2v) is 10.5. The first-order chi connectivity index (χ1) is 19.8. The van der Waals surface area contributed by atoms with E-state index in [4.69, 9.17) is 9.97 Å². The lowest BCUT2D eigenvalue weighted by molar-refractivity contribution is 1.33. The van der Waals surface area contributed by atoms with Crippen molar-refractivity contribution in [2.45, 2.75) is 0 Å². The quantitative estimate of drug-likeness (QED) is 0.219. The molecule has 3 heterocycles. The average molecular weight is 508 g/mol. The number of hydrogen-bond donors (Lipinski definition) is 0. The minimum absolute atomic E-state index is 0.902. The zero-order valence-corrected chi connectivity index (χ0v) is 21.5. The van der Waals surface area contributed by atoms with E-state index in [1.165, 1.54) is 32.3 Å². The third kappa shape index (κ3) is 3.03. The molecule has 0 spiro atoms. The Morgan fingerprint density at radius 1 is 0.350 bits per heavy atom. The Morgan fingerprint density at radius 2 is 0.925 bits per heavy atom. The van der Waals surface area contributed by atoms with Gasteiger partial charge in [0.2, 0.25) is 0 Å². The van der Waals surface area contributed by atoms with Gasteiger partial charge in [0, 0.05) is 39.7 Å². The van der Waals surface area contributed by atoms with Crippen LogP contribution in [0.1, 0.15) is 0 Å². The van der Waals surface area contributed by atoms with Crippen molar-refractivity contribution in [2.75, 3.05) is 0 Å². The molecule has 9 rings (SSSR count). The normalized spacial score (nSPS) is 12.0. The first kappa shape index (κ1) is 21.5. The summed E-state index contributed by atoms with van der Waals surface area (Å²) in [6.45, 7) is 0. The van der Waals surface area contributed by atoms with Gasteiger partial charge in [-0.05, 0) is 49.8 Å². The first-order valence-corrected chi connectivity index (χ1v) is 13.5. The summed E-state index contributed by atoms with van der Waals surface area (Å²) < 4.78 is 0. The topological polar surface area (TPSA) is 38.7 Å². The molecule has 184 valence electrons. The van der Waals surface area contributed by atoms with Gasteiger partial charge in [0.1, 0.15) is 0 Å². The first-order valence-electron chi connectivity index (χ1n) is 13.5. The van der Waals surface area contributed by atoms with Crippen LogP contribution in [0, 0.1) is 0 Å². The number of aromatic nitrogens is 3. The van der Waals surface area contributed by atoms with Crippen LogP contribution >= 0.6 is 0 Å². The van der Waals surface area contributed by atoms with E-state index >= 15 is 0 Å². The van der Waals surface area contributed by atoms with Crippen LogP contribution in [0.5, 0.6) is 0 Å². The number of fused-ring (bicyclic) bond motifs is 4. The SMILES string of the molecule is c1ccc2c(-c3ccc4ccc5ccc(-c6ccc7ccc8cccc9ccc6c7c89)nc5c4n3)cncc2c1. The summed E-state index contributed by atoms with van der Waals surface area (Å²) >= 11 is 0. The summed E-state index contributed by atoms with van der Waals surface area (Å²) in [7, 11) is 0. The molecule has 0 amide bonds. The molecular formula is C37H21N3. The molecule has 0 aliphatic carbocycles. The monoisotopic (exact) mass is 507 g/mol. The fraction of sp³-hybridized carbons (Fsp3) is 0. The molecule has 0 saturated carbocycles. The third-order valence-electron chi connectivity index (χ3n) is 8.27. The summed E-state index contributed by atoms with van der Waals surface area (Å²) in [6, 6.07) is 41.0. The molecule has 0 atom stereocenters. The van der Waals surface area contributed by atoms with E-state index in [9.17, 15) is 0 Å². The Bertz CT molecular complexity index is 2420. The number of hydrogen-bond acceptors (Lipinski definition) is 3. The van der Waals surface area contributed by atoms with Gasteiger partial charge < -0.3 is 0 Å². The van der Waals surface area contributed by atoms with Crippen LogP contribution in [0.15, 0.2) is 128 Å². The zero-order chi connectivity index (χ0) is 26.2. The maximum atomic E-state index is 5.27. The second-order valence-electron chi connectivity index (χ2n) is 10.5. The lowest BCUT2D eigenvalue weighted by atomic mass is 9.91. The number of pyridine rings is 3. The predicted octanol–water partition coefficient (Wildman–Crippen LogP) is 9.56. The molecule has 0 unspecified atom stereocenters. The zero-order valence-electron chi connectivity index (χ0n) is 21.5. The van der Waals surface area contributed by atoms with Crippen molar-refractivity contribution in [3.05, 3.63) is 128 Å². The molecule has 0 N–H and O–H groups in total. The van der Waals surface area contributed by atoms with E-state index in [-0.39, 0.29) is 0 Å².